The molecule has 0 radical (unpaired) electrons. The number of hydrogen-bond acceptors (Lipinski definition) is 6. The molecule has 4 rings (SSSR count). The van der Waals surface area contributed by atoms with E-state index in [2.05, 4.69) is 27.1 Å². The van der Waals surface area contributed by atoms with E-state index in [9.17, 15) is 4.79 Å². The van der Waals surface area contributed by atoms with Crippen LogP contribution in [0.15, 0.2) is 30.0 Å². The fraction of sp³-hybridized carbons (Fsp3) is 0.500. The summed E-state index contributed by atoms with van der Waals surface area (Å²) in [4.78, 5) is 24.5. The molecule has 7 heteroatoms. The third kappa shape index (κ3) is 3.73. The molecule has 2 aromatic rings. The van der Waals surface area contributed by atoms with Crippen LogP contribution < -0.4 is 5.32 Å². The highest BCUT2D eigenvalue weighted by atomic mass is 32.1. The van der Waals surface area contributed by atoms with Gasteiger partial charge in [-0.3, -0.25) is 14.7 Å². The number of pyridine rings is 1. The summed E-state index contributed by atoms with van der Waals surface area (Å²) in [5.74, 6) is 0.413. The lowest BCUT2D eigenvalue weighted by atomic mass is 9.91. The summed E-state index contributed by atoms with van der Waals surface area (Å²) in [6, 6.07) is 3.65. The maximum Gasteiger partial charge on any atom is 0.253 e. The number of aryl methyl sites for hydroxylation is 1. The first kappa shape index (κ1) is 16.6. The zero-order valence-corrected chi connectivity index (χ0v) is 15.0. The quantitative estimate of drug-likeness (QED) is 0.909. The van der Waals surface area contributed by atoms with Gasteiger partial charge in [-0.1, -0.05) is 0 Å². The third-order valence-corrected chi connectivity index (χ3v) is 5.99. The summed E-state index contributed by atoms with van der Waals surface area (Å²) in [5, 5.41) is 2.90. The Labute approximate surface area is 151 Å². The molecule has 2 aliphatic heterocycles. The molecule has 0 bridgehead atoms. The summed E-state index contributed by atoms with van der Waals surface area (Å²) in [7, 11) is 0. The van der Waals surface area contributed by atoms with E-state index in [0.29, 0.717) is 11.6 Å². The molecule has 2 aromatic heterocycles. The Hall–Kier alpha value is -1.83. The minimum Gasteiger partial charge on any atom is -0.364 e. The number of carbonyl (C=O) groups excluding carboxylic acids is 1. The molecule has 0 unspecified atom stereocenters. The van der Waals surface area contributed by atoms with Crippen molar-refractivity contribution in [3.05, 3.63) is 40.6 Å². The fourth-order valence-electron chi connectivity index (χ4n) is 3.65. The molecule has 2 aliphatic rings. The molecular formula is C18H22N4O2S. The number of nitrogens with zero attached hydrogens (tertiary/aromatic N) is 3. The maximum atomic E-state index is 12.5. The van der Waals surface area contributed by atoms with Crippen LogP contribution in [-0.2, 0) is 16.1 Å². The summed E-state index contributed by atoms with van der Waals surface area (Å²) in [6.45, 7) is 4.93. The van der Waals surface area contributed by atoms with Crippen LogP contribution in [0.5, 0.6) is 0 Å². The smallest absolute Gasteiger partial charge is 0.253 e. The van der Waals surface area contributed by atoms with Gasteiger partial charge in [0.2, 0.25) is 0 Å². The van der Waals surface area contributed by atoms with Crippen molar-refractivity contribution < 1.29 is 9.53 Å². The normalized spacial score (nSPS) is 26.4. The number of fused-ring (bicyclic) bond motifs is 1. The molecule has 0 saturated carbocycles. The molecule has 2 fully saturated rings. The second kappa shape index (κ2) is 7.19. The summed E-state index contributed by atoms with van der Waals surface area (Å²) >= 11 is 1.71. The Bertz CT molecular complexity index is 736. The van der Waals surface area contributed by atoms with Crippen molar-refractivity contribution >= 4 is 22.9 Å². The van der Waals surface area contributed by atoms with Gasteiger partial charge in [-0.25, -0.2) is 4.98 Å². The van der Waals surface area contributed by atoms with E-state index >= 15 is 0 Å². The van der Waals surface area contributed by atoms with Crippen molar-refractivity contribution in [2.75, 3.05) is 18.4 Å². The molecule has 1 amide bonds. The minimum atomic E-state index is -0.361. The number of thiazole rings is 1. The van der Waals surface area contributed by atoms with Crippen molar-refractivity contribution in [2.24, 2.45) is 5.92 Å². The lowest BCUT2D eigenvalue weighted by molar-refractivity contribution is -0.127. The maximum absolute atomic E-state index is 12.5. The van der Waals surface area contributed by atoms with Crippen LogP contribution >= 0.6 is 11.3 Å². The molecular weight excluding hydrogens is 336 g/mol. The Morgan fingerprint density at radius 3 is 3.20 bits per heavy atom. The van der Waals surface area contributed by atoms with Crippen LogP contribution in [-0.4, -0.2) is 46.1 Å². The van der Waals surface area contributed by atoms with Gasteiger partial charge in [-0.15, -0.1) is 11.3 Å². The summed E-state index contributed by atoms with van der Waals surface area (Å²) in [5.41, 5.74) is 3.74. The molecule has 0 aliphatic carbocycles. The molecule has 0 aromatic carbocycles. The standard InChI is InChI=1S/C18H22N4O2S/c1-12-17(25-11-20-12)10-22-6-4-13-7-15(24-16(13)9-22)18(23)21-14-3-2-5-19-8-14/h2-3,5,8,11,13,15-16H,4,6-7,9-10H2,1H3,(H,21,23)/t13-,15+,16-/m0/s1. The van der Waals surface area contributed by atoms with Gasteiger partial charge in [0, 0.05) is 24.2 Å². The van der Waals surface area contributed by atoms with Crippen LogP contribution in [0.2, 0.25) is 0 Å². The largest absolute Gasteiger partial charge is 0.364 e. The molecule has 0 spiro atoms. The van der Waals surface area contributed by atoms with E-state index in [4.69, 9.17) is 4.74 Å². The van der Waals surface area contributed by atoms with Gasteiger partial charge < -0.3 is 10.1 Å². The van der Waals surface area contributed by atoms with E-state index in [1.54, 1.807) is 23.7 Å². The second-order valence-corrected chi connectivity index (χ2v) is 7.71. The molecule has 2 saturated heterocycles. The van der Waals surface area contributed by atoms with E-state index in [0.717, 1.165) is 38.2 Å². The van der Waals surface area contributed by atoms with Crippen molar-refractivity contribution in [1.29, 1.82) is 0 Å². The first-order chi connectivity index (χ1) is 12.2. The summed E-state index contributed by atoms with van der Waals surface area (Å²) < 4.78 is 6.09. The number of anilines is 1. The van der Waals surface area contributed by atoms with Gasteiger partial charge in [0.25, 0.3) is 5.91 Å². The number of amides is 1. The average molecular weight is 358 g/mol. The molecule has 25 heavy (non-hydrogen) atoms. The number of carbonyl (C=O) groups is 1. The first-order valence-corrected chi connectivity index (χ1v) is 9.54. The zero-order chi connectivity index (χ0) is 17.2. The van der Waals surface area contributed by atoms with Crippen LogP contribution in [0, 0.1) is 12.8 Å². The van der Waals surface area contributed by atoms with E-state index in [1.807, 2.05) is 17.6 Å². The molecule has 1 N–H and O–H groups in total. The van der Waals surface area contributed by atoms with E-state index in [1.165, 1.54) is 4.88 Å². The second-order valence-electron chi connectivity index (χ2n) is 6.77. The van der Waals surface area contributed by atoms with Gasteiger partial charge in [-0.05, 0) is 44.4 Å². The van der Waals surface area contributed by atoms with Crippen LogP contribution in [0.1, 0.15) is 23.4 Å². The molecule has 3 atom stereocenters. The van der Waals surface area contributed by atoms with E-state index < -0.39 is 0 Å². The third-order valence-electron chi connectivity index (χ3n) is 5.07. The monoisotopic (exact) mass is 358 g/mol. The Kier molecular flexibility index (Phi) is 4.78. The SMILES string of the molecule is Cc1ncsc1CN1CC[C@H]2C[C@H](C(=O)Nc3cccnc3)O[C@H]2C1. The number of aromatic nitrogens is 2. The zero-order valence-electron chi connectivity index (χ0n) is 14.2. The molecule has 6 nitrogen and oxygen atoms in total. The minimum absolute atomic E-state index is 0.0627. The van der Waals surface area contributed by atoms with Crippen molar-refractivity contribution in [3.63, 3.8) is 0 Å². The highest BCUT2D eigenvalue weighted by Crippen LogP contribution is 2.34. The lowest BCUT2D eigenvalue weighted by Crippen LogP contribution is -2.41. The number of hydrogen-bond donors (Lipinski definition) is 1. The van der Waals surface area contributed by atoms with Gasteiger partial charge >= 0.3 is 0 Å². The number of nitrogens with one attached hydrogen (secondary N) is 1. The number of likely N-dealkylation sites (tertiary alicyclic amines) is 1. The van der Waals surface area contributed by atoms with Crippen molar-refractivity contribution in [3.8, 4) is 0 Å². The molecule has 132 valence electrons. The highest BCUT2D eigenvalue weighted by molar-refractivity contribution is 7.09. The van der Waals surface area contributed by atoms with Crippen LogP contribution in [0.25, 0.3) is 0 Å². The van der Waals surface area contributed by atoms with Gasteiger partial charge in [0.05, 0.1) is 29.2 Å². The van der Waals surface area contributed by atoms with Crippen molar-refractivity contribution in [1.82, 2.24) is 14.9 Å². The van der Waals surface area contributed by atoms with Gasteiger partial charge in [-0.2, -0.15) is 0 Å². The number of ether oxygens (including phenoxy) is 1. The van der Waals surface area contributed by atoms with Crippen molar-refractivity contribution in [2.45, 2.75) is 38.5 Å². The predicted octanol–water partition coefficient (Wildman–Crippen LogP) is 2.46. The van der Waals surface area contributed by atoms with Crippen LogP contribution in [0.3, 0.4) is 0 Å². The number of piperidine rings is 1. The highest BCUT2D eigenvalue weighted by Gasteiger charge is 2.41. The van der Waals surface area contributed by atoms with Gasteiger partial charge in [0.15, 0.2) is 0 Å². The predicted molar refractivity (Wildman–Crippen MR) is 96.4 cm³/mol. The fourth-order valence-corrected chi connectivity index (χ4v) is 4.47. The Balaban J connectivity index is 1.33. The lowest BCUT2D eigenvalue weighted by Gasteiger charge is -2.33. The Morgan fingerprint density at radius 1 is 1.52 bits per heavy atom. The first-order valence-electron chi connectivity index (χ1n) is 8.66. The number of rotatable bonds is 4. The molecule has 4 heterocycles. The topological polar surface area (TPSA) is 67.4 Å². The van der Waals surface area contributed by atoms with Crippen LogP contribution in [0.4, 0.5) is 5.69 Å². The van der Waals surface area contributed by atoms with Gasteiger partial charge in [0.1, 0.15) is 6.10 Å². The average Bonchev–Trinajstić information content (AvgIpc) is 3.22. The Morgan fingerprint density at radius 2 is 2.44 bits per heavy atom. The summed E-state index contributed by atoms with van der Waals surface area (Å²) in [6.07, 6.45) is 5.02. The van der Waals surface area contributed by atoms with E-state index in [-0.39, 0.29) is 18.1 Å².